The van der Waals surface area contributed by atoms with Crippen LogP contribution in [0.25, 0.3) is 0 Å². The minimum Gasteiger partial charge on any atom is -0.461 e. The van der Waals surface area contributed by atoms with Crippen molar-refractivity contribution in [3.05, 3.63) is 17.0 Å². The van der Waals surface area contributed by atoms with E-state index >= 15 is 0 Å². The molecule has 0 radical (unpaired) electrons. The fourth-order valence-corrected chi connectivity index (χ4v) is 4.77. The molecule has 1 heterocycles. The third-order valence-corrected chi connectivity index (χ3v) is 5.26. The van der Waals surface area contributed by atoms with Crippen LogP contribution in [0, 0.1) is 11.8 Å². The maximum atomic E-state index is 12.1. The van der Waals surface area contributed by atoms with Crippen LogP contribution < -0.4 is 0 Å². The third kappa shape index (κ3) is 1.65. The number of carbonyl (C=O) groups is 1. The van der Waals surface area contributed by atoms with Crippen molar-refractivity contribution in [2.75, 3.05) is 6.61 Å². The first-order chi connectivity index (χ1) is 9.26. The second-order valence-corrected chi connectivity index (χ2v) is 6.42. The summed E-state index contributed by atoms with van der Waals surface area (Å²) in [5.41, 5.74) is 3.01. The van der Waals surface area contributed by atoms with Gasteiger partial charge in [0.25, 0.3) is 0 Å². The van der Waals surface area contributed by atoms with Gasteiger partial charge in [0.05, 0.1) is 6.61 Å². The number of aromatic nitrogens is 2. The van der Waals surface area contributed by atoms with E-state index in [9.17, 15) is 4.79 Å². The van der Waals surface area contributed by atoms with E-state index in [1.54, 1.807) is 0 Å². The van der Waals surface area contributed by atoms with Gasteiger partial charge in [0.1, 0.15) is 0 Å². The molecule has 4 bridgehead atoms. The summed E-state index contributed by atoms with van der Waals surface area (Å²) in [7, 11) is 0. The summed E-state index contributed by atoms with van der Waals surface area (Å²) in [6.07, 6.45) is 6.45. The second-order valence-electron chi connectivity index (χ2n) is 6.42. The molecule has 0 aliphatic heterocycles. The molecule has 1 N–H and O–H groups in total. The van der Waals surface area contributed by atoms with E-state index in [1.165, 1.54) is 43.4 Å². The lowest BCUT2D eigenvalue weighted by Crippen LogP contribution is -2.26. The molecule has 4 nitrogen and oxygen atoms in total. The molecule has 19 heavy (non-hydrogen) atoms. The highest BCUT2D eigenvalue weighted by atomic mass is 16.5. The Labute approximate surface area is 112 Å². The summed E-state index contributed by atoms with van der Waals surface area (Å²) >= 11 is 0. The Morgan fingerprint density at radius 2 is 1.89 bits per heavy atom. The molecule has 2 saturated carbocycles. The Hall–Kier alpha value is -1.32. The Kier molecular flexibility index (Phi) is 2.47. The first-order valence-electron chi connectivity index (χ1n) is 7.51. The van der Waals surface area contributed by atoms with E-state index in [0.717, 1.165) is 11.8 Å². The van der Waals surface area contributed by atoms with E-state index in [1.807, 2.05) is 6.92 Å². The molecule has 0 amide bonds. The maximum absolute atomic E-state index is 12.1. The number of nitrogens with zero attached hydrogens (tertiary/aromatic N) is 1. The van der Waals surface area contributed by atoms with E-state index in [2.05, 4.69) is 10.2 Å². The molecule has 5 rings (SSSR count). The third-order valence-electron chi connectivity index (χ3n) is 5.26. The smallest absolute Gasteiger partial charge is 0.359 e. The number of H-pyrrole nitrogens is 1. The highest BCUT2D eigenvalue weighted by molar-refractivity contribution is 5.89. The topological polar surface area (TPSA) is 55.0 Å². The predicted molar refractivity (Wildman–Crippen MR) is 70.1 cm³/mol. The van der Waals surface area contributed by atoms with Crippen molar-refractivity contribution in [1.29, 1.82) is 0 Å². The minimum atomic E-state index is -0.249. The van der Waals surface area contributed by atoms with Gasteiger partial charge in [0.15, 0.2) is 5.69 Å². The average Bonchev–Trinajstić information content (AvgIpc) is 2.75. The van der Waals surface area contributed by atoms with Crippen molar-refractivity contribution in [3.8, 4) is 0 Å². The first-order valence-corrected chi connectivity index (χ1v) is 7.51. The number of ether oxygens (including phenoxy) is 1. The lowest BCUT2D eigenvalue weighted by Gasteiger charge is -2.38. The molecule has 0 aromatic carbocycles. The Morgan fingerprint density at radius 3 is 2.58 bits per heavy atom. The van der Waals surface area contributed by atoms with Crippen LogP contribution in [0.15, 0.2) is 0 Å². The number of hydrogen-bond donors (Lipinski definition) is 1. The van der Waals surface area contributed by atoms with Crippen molar-refractivity contribution in [2.24, 2.45) is 11.8 Å². The van der Waals surface area contributed by atoms with Gasteiger partial charge in [-0.2, -0.15) is 5.10 Å². The molecule has 2 atom stereocenters. The zero-order chi connectivity index (χ0) is 13.0. The van der Waals surface area contributed by atoms with Gasteiger partial charge in [-0.25, -0.2) is 4.79 Å². The summed E-state index contributed by atoms with van der Waals surface area (Å²) < 4.78 is 5.16. The standard InChI is InChI=1S/C15H20N2O2/c1-2-19-15(18)14-12-10-4-8-3-9(5-10)7-11(6-8)13(12)16-17-14/h8-11H,2-7H2,1H3,(H,16,17). The number of hydrogen-bond acceptors (Lipinski definition) is 3. The molecule has 1 aromatic heterocycles. The van der Waals surface area contributed by atoms with E-state index < -0.39 is 0 Å². The van der Waals surface area contributed by atoms with Crippen LogP contribution in [0.4, 0.5) is 0 Å². The van der Waals surface area contributed by atoms with Crippen molar-refractivity contribution in [2.45, 2.75) is 50.9 Å². The largest absolute Gasteiger partial charge is 0.461 e. The predicted octanol–water partition coefficient (Wildman–Crippen LogP) is 2.98. The Morgan fingerprint density at radius 1 is 1.21 bits per heavy atom. The van der Waals surface area contributed by atoms with Crippen LogP contribution in [-0.2, 0) is 4.74 Å². The van der Waals surface area contributed by atoms with Gasteiger partial charge >= 0.3 is 5.97 Å². The van der Waals surface area contributed by atoms with Crippen LogP contribution >= 0.6 is 0 Å². The summed E-state index contributed by atoms with van der Waals surface area (Å²) in [6.45, 7) is 2.26. The second kappa shape index (κ2) is 4.09. The van der Waals surface area contributed by atoms with Crippen LogP contribution in [0.1, 0.15) is 72.6 Å². The number of rotatable bonds is 2. The lowest BCUT2D eigenvalue weighted by atomic mass is 9.67. The monoisotopic (exact) mass is 260 g/mol. The van der Waals surface area contributed by atoms with Gasteiger partial charge < -0.3 is 4.74 Å². The minimum absolute atomic E-state index is 0.249. The van der Waals surface area contributed by atoms with Crippen LogP contribution in [0.3, 0.4) is 0 Å². The molecular weight excluding hydrogens is 240 g/mol. The quantitative estimate of drug-likeness (QED) is 0.832. The number of carbonyl (C=O) groups excluding carboxylic acids is 1. The number of nitrogens with one attached hydrogen (secondary N) is 1. The van der Waals surface area contributed by atoms with Crippen molar-refractivity contribution < 1.29 is 9.53 Å². The van der Waals surface area contributed by atoms with Crippen molar-refractivity contribution in [1.82, 2.24) is 10.2 Å². The van der Waals surface area contributed by atoms with E-state index in [-0.39, 0.29) is 5.97 Å². The molecule has 4 heteroatoms. The molecule has 4 aliphatic carbocycles. The number of esters is 1. The van der Waals surface area contributed by atoms with Crippen LogP contribution in [0.5, 0.6) is 0 Å². The molecule has 102 valence electrons. The molecule has 4 aliphatic rings. The van der Waals surface area contributed by atoms with Gasteiger partial charge in [-0.15, -0.1) is 0 Å². The van der Waals surface area contributed by atoms with E-state index in [0.29, 0.717) is 24.1 Å². The van der Waals surface area contributed by atoms with Gasteiger partial charge in [-0.1, -0.05) is 0 Å². The van der Waals surface area contributed by atoms with Crippen molar-refractivity contribution >= 4 is 5.97 Å². The molecule has 2 unspecified atom stereocenters. The molecule has 0 saturated heterocycles. The highest BCUT2D eigenvalue weighted by Crippen LogP contribution is 2.56. The highest BCUT2D eigenvalue weighted by Gasteiger charge is 2.45. The summed E-state index contributed by atoms with van der Waals surface area (Å²) in [5, 5.41) is 7.45. The summed E-state index contributed by atoms with van der Waals surface area (Å²) in [5.74, 6) is 2.60. The van der Waals surface area contributed by atoms with Crippen LogP contribution in [0.2, 0.25) is 0 Å². The SMILES string of the molecule is CCOC(=O)c1n[nH]c2c1C1CC3CC(CC2C3)C1. The molecule has 0 spiro atoms. The zero-order valence-electron chi connectivity index (χ0n) is 11.3. The fraction of sp³-hybridized carbons (Fsp3) is 0.733. The number of aromatic amines is 1. The summed E-state index contributed by atoms with van der Waals surface area (Å²) in [6, 6.07) is 0. The first kappa shape index (κ1) is 11.5. The molecule has 2 fully saturated rings. The van der Waals surface area contributed by atoms with Gasteiger partial charge in [0.2, 0.25) is 0 Å². The molecule has 1 aromatic rings. The summed E-state index contributed by atoms with van der Waals surface area (Å²) in [4.78, 5) is 12.1. The normalized spacial score (nSPS) is 35.0. The lowest BCUT2D eigenvalue weighted by molar-refractivity contribution is 0.0516. The van der Waals surface area contributed by atoms with E-state index in [4.69, 9.17) is 4.74 Å². The Balaban J connectivity index is 1.78. The fourth-order valence-electron chi connectivity index (χ4n) is 4.77. The van der Waals surface area contributed by atoms with Gasteiger partial charge in [-0.05, 0) is 56.8 Å². The van der Waals surface area contributed by atoms with Gasteiger partial charge in [0, 0.05) is 17.2 Å². The Bertz CT molecular complexity index is 508. The van der Waals surface area contributed by atoms with Gasteiger partial charge in [-0.3, -0.25) is 5.10 Å². The average molecular weight is 260 g/mol. The molecular formula is C15H20N2O2. The zero-order valence-corrected chi connectivity index (χ0v) is 11.3. The maximum Gasteiger partial charge on any atom is 0.359 e. The van der Waals surface area contributed by atoms with Crippen LogP contribution in [-0.4, -0.2) is 22.8 Å². The van der Waals surface area contributed by atoms with Crippen molar-refractivity contribution in [3.63, 3.8) is 0 Å².